The number of rotatable bonds is 6. The average Bonchev–Trinajstić information content (AvgIpc) is 2.46. The molecule has 0 radical (unpaired) electrons. The van der Waals surface area contributed by atoms with Crippen molar-refractivity contribution in [3.05, 3.63) is 35.9 Å². The molecule has 4 heteroatoms. The van der Waals surface area contributed by atoms with Crippen LogP contribution in [0.4, 0.5) is 0 Å². The van der Waals surface area contributed by atoms with Gasteiger partial charge in [0.05, 0.1) is 0 Å². The van der Waals surface area contributed by atoms with Gasteiger partial charge in [0.25, 0.3) is 6.47 Å². The Morgan fingerprint density at radius 3 is 2.35 bits per heavy atom. The van der Waals surface area contributed by atoms with Gasteiger partial charge in [-0.3, -0.25) is 9.69 Å². The zero-order chi connectivity index (χ0) is 14.4. The zero-order valence-electron chi connectivity index (χ0n) is 12.4. The molecule has 1 aromatic rings. The van der Waals surface area contributed by atoms with Gasteiger partial charge in [-0.1, -0.05) is 44.2 Å². The monoisotopic (exact) mass is 276 g/mol. The molecule has 1 atom stereocenters. The van der Waals surface area contributed by atoms with Crippen molar-refractivity contribution in [2.24, 2.45) is 5.92 Å². The van der Waals surface area contributed by atoms with Gasteiger partial charge in [0.15, 0.2) is 6.23 Å². The SMILES string of the molecule is CC(C)CN1CCN(C(OC=O)c2ccccc2)CC1. The molecular formula is C16H24N2O2. The van der Waals surface area contributed by atoms with E-state index in [1.54, 1.807) is 0 Å². The maximum absolute atomic E-state index is 10.8. The first-order valence-corrected chi connectivity index (χ1v) is 7.31. The molecule has 0 aromatic heterocycles. The van der Waals surface area contributed by atoms with Gasteiger partial charge in [0, 0.05) is 38.3 Å². The third kappa shape index (κ3) is 4.05. The van der Waals surface area contributed by atoms with E-state index < -0.39 is 0 Å². The van der Waals surface area contributed by atoms with Gasteiger partial charge in [-0.2, -0.15) is 0 Å². The number of hydrogen-bond acceptors (Lipinski definition) is 4. The highest BCUT2D eigenvalue weighted by molar-refractivity contribution is 5.38. The van der Waals surface area contributed by atoms with E-state index in [2.05, 4.69) is 23.6 Å². The standard InChI is InChI=1S/C16H24N2O2/c1-14(2)12-17-8-10-18(11-9-17)16(20-13-19)15-6-4-3-5-7-15/h3-7,13-14,16H,8-12H2,1-2H3. The Bertz CT molecular complexity index is 400. The molecule has 0 saturated carbocycles. The second kappa shape index (κ2) is 7.41. The predicted octanol–water partition coefficient (Wildman–Crippen LogP) is 2.13. The van der Waals surface area contributed by atoms with Crippen LogP contribution in [0.15, 0.2) is 30.3 Å². The first-order chi connectivity index (χ1) is 9.70. The molecule has 0 N–H and O–H groups in total. The molecule has 0 aliphatic carbocycles. The largest absolute Gasteiger partial charge is 0.444 e. The van der Waals surface area contributed by atoms with Crippen LogP contribution in [0.25, 0.3) is 0 Å². The van der Waals surface area contributed by atoms with E-state index in [0.717, 1.165) is 38.3 Å². The van der Waals surface area contributed by atoms with E-state index >= 15 is 0 Å². The van der Waals surface area contributed by atoms with Crippen molar-refractivity contribution in [3.8, 4) is 0 Å². The molecule has 1 aliphatic heterocycles. The van der Waals surface area contributed by atoms with Crippen molar-refractivity contribution in [2.75, 3.05) is 32.7 Å². The van der Waals surface area contributed by atoms with Crippen molar-refractivity contribution >= 4 is 6.47 Å². The van der Waals surface area contributed by atoms with Crippen LogP contribution < -0.4 is 0 Å². The summed E-state index contributed by atoms with van der Waals surface area (Å²) < 4.78 is 5.31. The van der Waals surface area contributed by atoms with Gasteiger partial charge in [0.1, 0.15) is 0 Å². The molecule has 0 bridgehead atoms. The molecule has 1 unspecified atom stereocenters. The highest BCUT2D eigenvalue weighted by Gasteiger charge is 2.26. The summed E-state index contributed by atoms with van der Waals surface area (Å²) >= 11 is 0. The molecule has 1 saturated heterocycles. The molecular weight excluding hydrogens is 252 g/mol. The van der Waals surface area contributed by atoms with Crippen LogP contribution in [0, 0.1) is 5.92 Å². The summed E-state index contributed by atoms with van der Waals surface area (Å²) in [4.78, 5) is 15.5. The fourth-order valence-electron chi connectivity index (χ4n) is 2.74. The molecule has 1 aliphatic rings. The summed E-state index contributed by atoms with van der Waals surface area (Å²) in [5.74, 6) is 0.692. The van der Waals surface area contributed by atoms with Gasteiger partial charge in [-0.15, -0.1) is 0 Å². The minimum Gasteiger partial charge on any atom is -0.444 e. The fraction of sp³-hybridized carbons (Fsp3) is 0.562. The summed E-state index contributed by atoms with van der Waals surface area (Å²) in [6.07, 6.45) is -0.255. The molecule has 110 valence electrons. The van der Waals surface area contributed by atoms with Crippen LogP contribution in [0.3, 0.4) is 0 Å². The minimum absolute atomic E-state index is 0.255. The van der Waals surface area contributed by atoms with Crippen LogP contribution in [0.1, 0.15) is 25.6 Å². The lowest BCUT2D eigenvalue weighted by Gasteiger charge is -2.38. The number of carbonyl (C=O) groups excluding carboxylic acids is 1. The Balaban J connectivity index is 1.97. The zero-order valence-corrected chi connectivity index (χ0v) is 12.4. The second-order valence-electron chi connectivity index (χ2n) is 5.73. The van der Waals surface area contributed by atoms with Crippen LogP contribution in [0.5, 0.6) is 0 Å². The minimum atomic E-state index is -0.255. The van der Waals surface area contributed by atoms with Gasteiger partial charge in [-0.05, 0) is 5.92 Å². The maximum atomic E-state index is 10.8. The topological polar surface area (TPSA) is 32.8 Å². The third-order valence-corrected chi connectivity index (χ3v) is 3.63. The Kier molecular flexibility index (Phi) is 5.56. The van der Waals surface area contributed by atoms with E-state index in [4.69, 9.17) is 4.74 Å². The summed E-state index contributed by atoms with van der Waals surface area (Å²) in [6.45, 7) is 10.1. The molecule has 2 rings (SSSR count). The highest BCUT2D eigenvalue weighted by atomic mass is 16.5. The Morgan fingerprint density at radius 2 is 1.80 bits per heavy atom. The molecule has 1 heterocycles. The maximum Gasteiger partial charge on any atom is 0.294 e. The van der Waals surface area contributed by atoms with E-state index in [9.17, 15) is 4.79 Å². The van der Waals surface area contributed by atoms with Gasteiger partial charge >= 0.3 is 0 Å². The fourth-order valence-corrected chi connectivity index (χ4v) is 2.74. The van der Waals surface area contributed by atoms with Crippen LogP contribution >= 0.6 is 0 Å². The Hall–Kier alpha value is -1.39. The van der Waals surface area contributed by atoms with Gasteiger partial charge in [0.2, 0.25) is 0 Å². The number of nitrogens with zero attached hydrogens (tertiary/aromatic N) is 2. The predicted molar refractivity (Wildman–Crippen MR) is 79.2 cm³/mol. The highest BCUT2D eigenvalue weighted by Crippen LogP contribution is 2.22. The Morgan fingerprint density at radius 1 is 1.15 bits per heavy atom. The Labute approximate surface area is 121 Å². The lowest BCUT2D eigenvalue weighted by molar-refractivity contribution is -0.146. The van der Waals surface area contributed by atoms with Gasteiger partial charge in [-0.25, -0.2) is 0 Å². The molecule has 20 heavy (non-hydrogen) atoms. The van der Waals surface area contributed by atoms with E-state index in [0.29, 0.717) is 12.4 Å². The quantitative estimate of drug-likeness (QED) is 0.745. The molecule has 1 fully saturated rings. The lowest BCUT2D eigenvalue weighted by Crippen LogP contribution is -2.48. The van der Waals surface area contributed by atoms with Gasteiger partial charge < -0.3 is 9.64 Å². The normalized spacial score (nSPS) is 18.9. The van der Waals surface area contributed by atoms with Crippen molar-refractivity contribution < 1.29 is 9.53 Å². The molecule has 1 aromatic carbocycles. The number of hydrogen-bond donors (Lipinski definition) is 0. The summed E-state index contributed by atoms with van der Waals surface area (Å²) in [5, 5.41) is 0. The van der Waals surface area contributed by atoms with Crippen LogP contribution in [-0.2, 0) is 9.53 Å². The average molecular weight is 276 g/mol. The van der Waals surface area contributed by atoms with Crippen molar-refractivity contribution in [3.63, 3.8) is 0 Å². The van der Waals surface area contributed by atoms with Crippen molar-refractivity contribution in [1.29, 1.82) is 0 Å². The van der Waals surface area contributed by atoms with Crippen molar-refractivity contribution in [1.82, 2.24) is 9.80 Å². The first-order valence-electron chi connectivity index (χ1n) is 7.31. The first kappa shape index (κ1) is 15.0. The number of carbonyl (C=O) groups is 1. The molecule has 4 nitrogen and oxygen atoms in total. The van der Waals surface area contributed by atoms with E-state index in [-0.39, 0.29) is 6.23 Å². The smallest absolute Gasteiger partial charge is 0.294 e. The van der Waals surface area contributed by atoms with Crippen molar-refractivity contribution in [2.45, 2.75) is 20.1 Å². The molecule has 0 spiro atoms. The summed E-state index contributed by atoms with van der Waals surface area (Å²) in [7, 11) is 0. The summed E-state index contributed by atoms with van der Waals surface area (Å²) in [5.41, 5.74) is 1.04. The number of benzene rings is 1. The number of piperazine rings is 1. The third-order valence-electron chi connectivity index (χ3n) is 3.63. The van der Waals surface area contributed by atoms with E-state index in [1.807, 2.05) is 30.3 Å². The lowest BCUT2D eigenvalue weighted by atomic mass is 10.1. The van der Waals surface area contributed by atoms with Crippen LogP contribution in [0.2, 0.25) is 0 Å². The number of ether oxygens (including phenoxy) is 1. The van der Waals surface area contributed by atoms with Crippen LogP contribution in [-0.4, -0.2) is 49.0 Å². The molecule has 0 amide bonds. The second-order valence-corrected chi connectivity index (χ2v) is 5.73. The van der Waals surface area contributed by atoms with E-state index in [1.165, 1.54) is 0 Å². The summed E-state index contributed by atoms with van der Waals surface area (Å²) in [6, 6.07) is 9.95.